The Kier molecular flexibility index (Phi) is 6.21. The number of Topliss-reactive ketones (excluding diaryl/α,β-unsaturated/α-hetero) is 1. The molecule has 1 atom stereocenters. The fraction of sp³-hybridized carbons (Fsp3) is 0.385. The first-order valence-electron chi connectivity index (χ1n) is 11.1. The molecule has 2 aromatic carbocycles. The second-order valence-electron chi connectivity index (χ2n) is 8.61. The molecule has 168 valence electrons. The third-order valence-corrected chi connectivity index (χ3v) is 6.11. The quantitative estimate of drug-likeness (QED) is 0.399. The summed E-state index contributed by atoms with van der Waals surface area (Å²) in [5, 5.41) is 11.2. The molecule has 1 aliphatic heterocycles. The first-order valence-corrected chi connectivity index (χ1v) is 11.1. The van der Waals surface area contributed by atoms with Crippen LogP contribution in [0.1, 0.15) is 56.7 Å². The summed E-state index contributed by atoms with van der Waals surface area (Å²) >= 11 is 0. The van der Waals surface area contributed by atoms with Gasteiger partial charge in [0.15, 0.2) is 0 Å². The molecular formula is C26H29NO5. The molecule has 0 radical (unpaired) electrons. The third kappa shape index (κ3) is 4.09. The van der Waals surface area contributed by atoms with E-state index in [9.17, 15) is 14.7 Å². The van der Waals surface area contributed by atoms with Gasteiger partial charge in [-0.1, -0.05) is 25.0 Å². The molecular weight excluding hydrogens is 406 g/mol. The van der Waals surface area contributed by atoms with Gasteiger partial charge in [0.25, 0.3) is 11.7 Å². The molecule has 6 nitrogen and oxygen atoms in total. The van der Waals surface area contributed by atoms with E-state index in [-0.39, 0.29) is 23.5 Å². The number of ether oxygens (including phenoxy) is 2. The van der Waals surface area contributed by atoms with E-state index in [4.69, 9.17) is 9.47 Å². The number of aliphatic hydroxyl groups is 1. The second kappa shape index (κ2) is 9.07. The van der Waals surface area contributed by atoms with Crippen molar-refractivity contribution < 1.29 is 24.2 Å². The SMILES string of the molecule is COc1cccc(C2/C(=C(/O)c3ccc(OC(C)C)cc3)C(=O)C(=O)N2C2CCCC2)c1. The van der Waals surface area contributed by atoms with Crippen LogP contribution in [0.2, 0.25) is 0 Å². The van der Waals surface area contributed by atoms with Gasteiger partial charge >= 0.3 is 0 Å². The number of rotatable bonds is 6. The van der Waals surface area contributed by atoms with Crippen LogP contribution in [0.5, 0.6) is 11.5 Å². The molecule has 1 saturated heterocycles. The lowest BCUT2D eigenvalue weighted by Crippen LogP contribution is -2.37. The van der Waals surface area contributed by atoms with Crippen LogP contribution in [0.25, 0.3) is 5.76 Å². The maximum Gasteiger partial charge on any atom is 0.295 e. The first kappa shape index (κ1) is 21.9. The zero-order valence-corrected chi connectivity index (χ0v) is 18.7. The molecule has 0 aromatic heterocycles. The number of likely N-dealkylation sites (tertiary alicyclic amines) is 1. The lowest BCUT2D eigenvalue weighted by Gasteiger charge is -2.31. The number of benzene rings is 2. The summed E-state index contributed by atoms with van der Waals surface area (Å²) in [5.74, 6) is -0.0643. The fourth-order valence-corrected chi connectivity index (χ4v) is 4.67. The molecule has 0 bridgehead atoms. The lowest BCUT2D eigenvalue weighted by molar-refractivity contribution is -0.141. The summed E-state index contributed by atoms with van der Waals surface area (Å²) in [6.45, 7) is 3.87. The smallest absolute Gasteiger partial charge is 0.295 e. The van der Waals surface area contributed by atoms with Crippen LogP contribution >= 0.6 is 0 Å². The molecule has 1 amide bonds. The second-order valence-corrected chi connectivity index (χ2v) is 8.61. The van der Waals surface area contributed by atoms with Gasteiger partial charge in [-0.3, -0.25) is 9.59 Å². The van der Waals surface area contributed by atoms with Gasteiger partial charge in [-0.25, -0.2) is 0 Å². The highest BCUT2D eigenvalue weighted by molar-refractivity contribution is 6.46. The number of methoxy groups -OCH3 is 1. The zero-order valence-electron chi connectivity index (χ0n) is 18.7. The number of hydrogen-bond acceptors (Lipinski definition) is 5. The van der Waals surface area contributed by atoms with Gasteiger partial charge < -0.3 is 19.5 Å². The number of carbonyl (C=O) groups excluding carboxylic acids is 2. The fourth-order valence-electron chi connectivity index (χ4n) is 4.67. The summed E-state index contributed by atoms with van der Waals surface area (Å²) in [7, 11) is 1.58. The molecule has 32 heavy (non-hydrogen) atoms. The minimum Gasteiger partial charge on any atom is -0.507 e. The van der Waals surface area contributed by atoms with Crippen LogP contribution in [0.4, 0.5) is 0 Å². The highest BCUT2D eigenvalue weighted by atomic mass is 16.5. The Morgan fingerprint density at radius 3 is 2.34 bits per heavy atom. The molecule has 1 N–H and O–H groups in total. The molecule has 1 heterocycles. The zero-order chi connectivity index (χ0) is 22.8. The minimum absolute atomic E-state index is 0.0187. The average Bonchev–Trinajstić information content (AvgIpc) is 3.40. The maximum absolute atomic E-state index is 13.2. The predicted molar refractivity (Wildman–Crippen MR) is 122 cm³/mol. The van der Waals surface area contributed by atoms with Crippen molar-refractivity contribution in [2.24, 2.45) is 0 Å². The Labute approximate surface area is 188 Å². The van der Waals surface area contributed by atoms with Crippen LogP contribution in [-0.2, 0) is 9.59 Å². The number of carbonyl (C=O) groups is 2. The first-order chi connectivity index (χ1) is 15.4. The van der Waals surface area contributed by atoms with Gasteiger partial charge in [-0.05, 0) is 68.7 Å². The molecule has 6 heteroatoms. The number of nitrogens with zero attached hydrogens (tertiary/aromatic N) is 1. The van der Waals surface area contributed by atoms with Crippen molar-refractivity contribution in [2.45, 2.75) is 57.7 Å². The predicted octanol–water partition coefficient (Wildman–Crippen LogP) is 4.85. The van der Waals surface area contributed by atoms with E-state index in [2.05, 4.69) is 0 Å². The van der Waals surface area contributed by atoms with Crippen LogP contribution in [-0.4, -0.2) is 41.0 Å². The van der Waals surface area contributed by atoms with E-state index >= 15 is 0 Å². The molecule has 2 aromatic rings. The number of ketones is 1. The highest BCUT2D eigenvalue weighted by Crippen LogP contribution is 2.44. The standard InChI is InChI=1S/C26H29NO5/c1-16(2)32-20-13-11-17(12-14-20)24(28)22-23(18-7-6-10-21(15-18)31-3)27(26(30)25(22)29)19-8-4-5-9-19/h6-7,10-16,19,23,28H,4-5,8-9H2,1-3H3/b24-22-. The van der Waals surface area contributed by atoms with Crippen molar-refractivity contribution in [2.75, 3.05) is 7.11 Å². The van der Waals surface area contributed by atoms with Gasteiger partial charge in [0.05, 0.1) is 24.8 Å². The van der Waals surface area contributed by atoms with Gasteiger partial charge in [0, 0.05) is 11.6 Å². The summed E-state index contributed by atoms with van der Waals surface area (Å²) in [4.78, 5) is 28.0. The van der Waals surface area contributed by atoms with E-state index in [1.165, 1.54) is 0 Å². The third-order valence-electron chi connectivity index (χ3n) is 6.11. The lowest BCUT2D eigenvalue weighted by atomic mass is 9.94. The molecule has 1 saturated carbocycles. The topological polar surface area (TPSA) is 76.1 Å². The van der Waals surface area contributed by atoms with Crippen LogP contribution < -0.4 is 9.47 Å². The van der Waals surface area contributed by atoms with Crippen LogP contribution in [0.3, 0.4) is 0 Å². The average molecular weight is 436 g/mol. The molecule has 0 spiro atoms. The van der Waals surface area contributed by atoms with E-state index in [1.54, 1.807) is 36.3 Å². The molecule has 2 aliphatic rings. The summed E-state index contributed by atoms with van der Waals surface area (Å²) < 4.78 is 11.0. The molecule has 1 unspecified atom stereocenters. The van der Waals surface area contributed by atoms with Gasteiger partial charge in [0.2, 0.25) is 0 Å². The number of amides is 1. The van der Waals surface area contributed by atoms with Crippen molar-refractivity contribution in [3.05, 3.63) is 65.2 Å². The minimum atomic E-state index is -0.653. The van der Waals surface area contributed by atoms with Crippen molar-refractivity contribution in [1.82, 2.24) is 4.90 Å². The Hall–Kier alpha value is -3.28. The number of hydrogen-bond donors (Lipinski definition) is 1. The highest BCUT2D eigenvalue weighted by Gasteiger charge is 2.49. The number of aliphatic hydroxyl groups excluding tert-OH is 1. The Balaban J connectivity index is 1.81. The van der Waals surface area contributed by atoms with Crippen LogP contribution in [0.15, 0.2) is 54.1 Å². The molecule has 2 fully saturated rings. The van der Waals surface area contributed by atoms with E-state index in [0.717, 1.165) is 31.2 Å². The Bertz CT molecular complexity index is 1030. The summed E-state index contributed by atoms with van der Waals surface area (Å²) in [5.41, 5.74) is 1.34. The van der Waals surface area contributed by atoms with Gasteiger partial charge in [-0.15, -0.1) is 0 Å². The van der Waals surface area contributed by atoms with E-state index in [0.29, 0.717) is 17.1 Å². The Morgan fingerprint density at radius 2 is 1.72 bits per heavy atom. The monoisotopic (exact) mass is 435 g/mol. The summed E-state index contributed by atoms with van der Waals surface area (Å²) in [6, 6.07) is 13.6. The van der Waals surface area contributed by atoms with Gasteiger partial charge in [0.1, 0.15) is 17.3 Å². The van der Waals surface area contributed by atoms with Crippen molar-refractivity contribution >= 4 is 17.4 Å². The van der Waals surface area contributed by atoms with Crippen molar-refractivity contribution in [3.8, 4) is 11.5 Å². The summed E-state index contributed by atoms with van der Waals surface area (Å²) in [6.07, 6.45) is 3.79. The normalized spacial score (nSPS) is 20.9. The Morgan fingerprint density at radius 1 is 1.03 bits per heavy atom. The molecule has 1 aliphatic carbocycles. The van der Waals surface area contributed by atoms with Crippen molar-refractivity contribution in [1.29, 1.82) is 0 Å². The van der Waals surface area contributed by atoms with Gasteiger partial charge in [-0.2, -0.15) is 0 Å². The van der Waals surface area contributed by atoms with E-state index < -0.39 is 17.7 Å². The van der Waals surface area contributed by atoms with E-state index in [1.807, 2.05) is 38.1 Å². The van der Waals surface area contributed by atoms with Crippen LogP contribution in [0, 0.1) is 0 Å². The largest absolute Gasteiger partial charge is 0.507 e. The van der Waals surface area contributed by atoms with Crippen molar-refractivity contribution in [3.63, 3.8) is 0 Å². The molecule has 4 rings (SSSR count). The maximum atomic E-state index is 13.2.